The smallest absolute Gasteiger partial charge is 0.333 e. The van der Waals surface area contributed by atoms with Gasteiger partial charge in [-0.3, -0.25) is 4.79 Å². The second-order valence-electron chi connectivity index (χ2n) is 6.12. The fraction of sp³-hybridized carbons (Fsp3) is 0.200. The topological polar surface area (TPSA) is 64.6 Å². The summed E-state index contributed by atoms with van der Waals surface area (Å²) in [5, 5.41) is 2.94. The van der Waals surface area contributed by atoms with Crippen molar-refractivity contribution in [2.45, 2.75) is 18.9 Å². The van der Waals surface area contributed by atoms with Crippen LogP contribution < -0.4 is 10.1 Å². The van der Waals surface area contributed by atoms with Crippen LogP contribution in [0.3, 0.4) is 0 Å². The Labute approximate surface area is 171 Å². The van der Waals surface area contributed by atoms with Gasteiger partial charge in [-0.1, -0.05) is 35.3 Å². The van der Waals surface area contributed by atoms with E-state index in [2.05, 4.69) is 5.32 Å². The molecule has 2 aromatic carbocycles. The standard InChI is InChI=1S/C20H16Cl2FNO4/c1-27-20(26)11-5-6-12(9-11)24-19(25)18-14(21)3-2-4-17(18)28-13-7-8-16(23)15(22)10-13/h2-5,7-8,10,12H,6,9H2,1H3,(H,24,25). The molecule has 0 aliphatic heterocycles. The number of methoxy groups -OCH3 is 1. The molecule has 0 bridgehead atoms. The van der Waals surface area contributed by atoms with E-state index in [1.807, 2.05) is 0 Å². The van der Waals surface area contributed by atoms with Gasteiger partial charge in [0.25, 0.3) is 5.91 Å². The minimum atomic E-state index is -0.576. The maximum Gasteiger partial charge on any atom is 0.333 e. The van der Waals surface area contributed by atoms with Crippen molar-refractivity contribution in [2.75, 3.05) is 7.11 Å². The number of nitrogens with one attached hydrogen (secondary N) is 1. The second kappa shape index (κ2) is 8.63. The van der Waals surface area contributed by atoms with E-state index in [1.54, 1.807) is 24.3 Å². The van der Waals surface area contributed by atoms with Crippen LogP contribution in [0.15, 0.2) is 48.0 Å². The van der Waals surface area contributed by atoms with Crippen molar-refractivity contribution in [1.82, 2.24) is 5.32 Å². The Morgan fingerprint density at radius 2 is 1.96 bits per heavy atom. The van der Waals surface area contributed by atoms with E-state index >= 15 is 0 Å². The van der Waals surface area contributed by atoms with Crippen LogP contribution in [-0.4, -0.2) is 25.0 Å². The van der Waals surface area contributed by atoms with Crippen molar-refractivity contribution >= 4 is 35.1 Å². The number of hydrogen-bond acceptors (Lipinski definition) is 4. The molecule has 1 atom stereocenters. The highest BCUT2D eigenvalue weighted by molar-refractivity contribution is 6.34. The Hall–Kier alpha value is -2.57. The van der Waals surface area contributed by atoms with Crippen LogP contribution in [0.1, 0.15) is 23.2 Å². The van der Waals surface area contributed by atoms with Crippen LogP contribution in [0.4, 0.5) is 4.39 Å². The Morgan fingerprint density at radius 1 is 1.18 bits per heavy atom. The van der Waals surface area contributed by atoms with E-state index in [0.29, 0.717) is 18.4 Å². The fourth-order valence-electron chi connectivity index (χ4n) is 2.86. The summed E-state index contributed by atoms with van der Waals surface area (Å²) in [4.78, 5) is 24.4. The van der Waals surface area contributed by atoms with Crippen molar-refractivity contribution in [3.8, 4) is 11.5 Å². The number of carbonyl (C=O) groups excluding carboxylic acids is 2. The first-order valence-corrected chi connectivity index (χ1v) is 9.14. The molecule has 0 aromatic heterocycles. The van der Waals surface area contributed by atoms with Gasteiger partial charge in [0.05, 0.1) is 17.2 Å². The van der Waals surface area contributed by atoms with Gasteiger partial charge in [-0.15, -0.1) is 0 Å². The fourth-order valence-corrected chi connectivity index (χ4v) is 3.28. The summed E-state index contributed by atoms with van der Waals surface area (Å²) in [5.74, 6) is -0.969. The van der Waals surface area contributed by atoms with Gasteiger partial charge < -0.3 is 14.8 Å². The lowest BCUT2D eigenvalue weighted by molar-refractivity contribution is -0.136. The third-order valence-electron chi connectivity index (χ3n) is 4.22. The highest BCUT2D eigenvalue weighted by Crippen LogP contribution is 2.32. The average Bonchev–Trinajstić information content (AvgIpc) is 3.12. The lowest BCUT2D eigenvalue weighted by Crippen LogP contribution is -2.33. The molecule has 3 rings (SSSR count). The lowest BCUT2D eigenvalue weighted by atomic mass is 10.1. The van der Waals surface area contributed by atoms with Crippen molar-refractivity contribution < 1.29 is 23.5 Å². The third-order valence-corrected chi connectivity index (χ3v) is 4.82. The van der Waals surface area contributed by atoms with Gasteiger partial charge in [-0.05, 0) is 37.1 Å². The third kappa shape index (κ3) is 4.46. The Kier molecular flexibility index (Phi) is 6.21. The number of benzene rings is 2. The number of esters is 1. The van der Waals surface area contributed by atoms with Gasteiger partial charge in [-0.2, -0.15) is 0 Å². The highest BCUT2D eigenvalue weighted by atomic mass is 35.5. The molecule has 8 heteroatoms. The van der Waals surface area contributed by atoms with Crippen molar-refractivity contribution in [1.29, 1.82) is 0 Å². The number of hydrogen-bond donors (Lipinski definition) is 1. The van der Waals surface area contributed by atoms with Crippen molar-refractivity contribution in [3.63, 3.8) is 0 Å². The van der Waals surface area contributed by atoms with Gasteiger partial charge in [-0.25, -0.2) is 9.18 Å². The van der Waals surface area contributed by atoms with Crippen LogP contribution in [-0.2, 0) is 9.53 Å². The molecule has 1 unspecified atom stereocenters. The number of amides is 1. The molecule has 0 heterocycles. The lowest BCUT2D eigenvalue weighted by Gasteiger charge is -2.16. The maximum absolute atomic E-state index is 13.3. The molecule has 28 heavy (non-hydrogen) atoms. The van der Waals surface area contributed by atoms with Crippen molar-refractivity contribution in [3.05, 3.63) is 69.5 Å². The van der Waals surface area contributed by atoms with E-state index in [-0.39, 0.29) is 33.1 Å². The maximum atomic E-state index is 13.3. The predicted molar refractivity (Wildman–Crippen MR) is 104 cm³/mol. The summed E-state index contributed by atoms with van der Waals surface area (Å²) < 4.78 is 23.7. The normalized spacial score (nSPS) is 15.7. The molecular formula is C20H16Cl2FNO4. The van der Waals surface area contributed by atoms with Crippen LogP contribution in [0.2, 0.25) is 10.0 Å². The first-order chi connectivity index (χ1) is 13.4. The minimum Gasteiger partial charge on any atom is -0.466 e. The largest absolute Gasteiger partial charge is 0.466 e. The zero-order chi connectivity index (χ0) is 20.3. The van der Waals surface area contributed by atoms with Crippen LogP contribution in [0.5, 0.6) is 11.5 Å². The molecule has 1 aliphatic carbocycles. The average molecular weight is 424 g/mol. The van der Waals surface area contributed by atoms with Gasteiger partial charge in [0.2, 0.25) is 0 Å². The summed E-state index contributed by atoms with van der Waals surface area (Å²) in [6, 6.07) is 8.38. The Balaban J connectivity index is 1.77. The SMILES string of the molecule is COC(=O)C1=CCC(NC(=O)c2c(Cl)cccc2Oc2ccc(F)c(Cl)c2)C1. The van der Waals surface area contributed by atoms with Gasteiger partial charge >= 0.3 is 5.97 Å². The van der Waals surface area contributed by atoms with E-state index in [9.17, 15) is 14.0 Å². The molecule has 5 nitrogen and oxygen atoms in total. The number of halogens is 3. The summed E-state index contributed by atoms with van der Waals surface area (Å²) in [5.41, 5.74) is 0.653. The first-order valence-electron chi connectivity index (χ1n) is 8.38. The molecule has 0 saturated carbocycles. The van der Waals surface area contributed by atoms with Gasteiger partial charge in [0.1, 0.15) is 22.9 Å². The van der Waals surface area contributed by atoms with Crippen LogP contribution >= 0.6 is 23.2 Å². The molecular weight excluding hydrogens is 408 g/mol. The zero-order valence-electron chi connectivity index (χ0n) is 14.8. The van der Waals surface area contributed by atoms with Crippen molar-refractivity contribution in [2.24, 2.45) is 0 Å². The molecule has 1 N–H and O–H groups in total. The van der Waals surface area contributed by atoms with E-state index in [1.165, 1.54) is 25.3 Å². The summed E-state index contributed by atoms with van der Waals surface area (Å²) in [7, 11) is 1.31. The second-order valence-corrected chi connectivity index (χ2v) is 6.94. The van der Waals surface area contributed by atoms with E-state index in [4.69, 9.17) is 32.7 Å². The highest BCUT2D eigenvalue weighted by Gasteiger charge is 2.26. The molecule has 2 aromatic rings. The van der Waals surface area contributed by atoms with Crippen LogP contribution in [0, 0.1) is 5.82 Å². The number of rotatable bonds is 5. The molecule has 1 aliphatic rings. The summed E-state index contributed by atoms with van der Waals surface area (Å²) in [6.45, 7) is 0. The minimum absolute atomic E-state index is 0.0992. The molecule has 0 saturated heterocycles. The van der Waals surface area contributed by atoms with Gasteiger partial charge in [0.15, 0.2) is 0 Å². The summed E-state index contributed by atoms with van der Waals surface area (Å²) in [6.07, 6.45) is 2.61. The zero-order valence-corrected chi connectivity index (χ0v) is 16.3. The quantitative estimate of drug-likeness (QED) is 0.693. The monoisotopic (exact) mass is 423 g/mol. The molecule has 0 radical (unpaired) electrons. The van der Waals surface area contributed by atoms with E-state index < -0.39 is 17.7 Å². The number of ether oxygens (including phenoxy) is 2. The van der Waals surface area contributed by atoms with E-state index in [0.717, 1.165) is 0 Å². The van der Waals surface area contributed by atoms with Crippen LogP contribution in [0.25, 0.3) is 0 Å². The van der Waals surface area contributed by atoms with Gasteiger partial charge in [0, 0.05) is 17.7 Å². The predicted octanol–water partition coefficient (Wildman–Crippen LogP) is 4.92. The molecule has 1 amide bonds. The molecule has 146 valence electrons. The first kappa shape index (κ1) is 20.2. The summed E-state index contributed by atoms with van der Waals surface area (Å²) >= 11 is 12.0. The Bertz CT molecular complexity index is 961. The number of carbonyl (C=O) groups is 2. The molecule has 0 spiro atoms. The molecule has 0 fully saturated rings. The Morgan fingerprint density at radius 3 is 2.68 bits per heavy atom.